The number of hydrogen-bond donors (Lipinski definition) is 0. The largest absolute Gasteiger partial charge is 0.358 e. The molecule has 3 rings (SSSR count). The molecule has 1 aromatic carbocycles. The highest BCUT2D eigenvalue weighted by molar-refractivity contribution is 5.68. The Morgan fingerprint density at radius 3 is 2.39 bits per heavy atom. The van der Waals surface area contributed by atoms with Crippen molar-refractivity contribution in [1.82, 2.24) is 18.9 Å². The van der Waals surface area contributed by atoms with E-state index in [0.717, 1.165) is 10.3 Å². The molecule has 0 radical (unpaired) electrons. The Morgan fingerprint density at radius 2 is 1.82 bits per heavy atom. The van der Waals surface area contributed by atoms with Gasteiger partial charge in [-0.2, -0.15) is 5.10 Å². The molecule has 0 saturated carbocycles. The minimum atomic E-state index is -0.903. The van der Waals surface area contributed by atoms with E-state index in [0.29, 0.717) is 5.56 Å². The van der Waals surface area contributed by atoms with E-state index in [2.05, 4.69) is 5.10 Å². The van der Waals surface area contributed by atoms with Crippen molar-refractivity contribution >= 4 is 5.69 Å². The zero-order valence-electron chi connectivity index (χ0n) is 15.9. The Morgan fingerprint density at radius 1 is 1.14 bits per heavy atom. The fraction of sp³-hybridized carbons (Fsp3) is 0.316. The van der Waals surface area contributed by atoms with Crippen LogP contribution in [0.25, 0.3) is 16.9 Å². The number of para-hydroxylation sites is 1. The lowest BCUT2D eigenvalue weighted by Crippen LogP contribution is -2.42. The number of benzene rings is 1. The number of nitrogens with zero attached hydrogens (tertiary/aromatic N) is 5. The van der Waals surface area contributed by atoms with Gasteiger partial charge in [0.15, 0.2) is 0 Å². The second kappa shape index (κ2) is 7.63. The summed E-state index contributed by atoms with van der Waals surface area (Å²) in [7, 11) is 0. The van der Waals surface area contributed by atoms with Crippen LogP contribution in [0.15, 0.2) is 52.3 Å². The van der Waals surface area contributed by atoms with Gasteiger partial charge in [0, 0.05) is 24.8 Å². The van der Waals surface area contributed by atoms with Gasteiger partial charge in [0.1, 0.15) is 5.69 Å². The summed E-state index contributed by atoms with van der Waals surface area (Å²) in [6.45, 7) is 5.71. The van der Waals surface area contributed by atoms with Crippen molar-refractivity contribution in [3.63, 3.8) is 0 Å². The average molecular weight is 383 g/mol. The molecule has 28 heavy (non-hydrogen) atoms. The van der Waals surface area contributed by atoms with Gasteiger partial charge in [0.25, 0.3) is 0 Å². The van der Waals surface area contributed by atoms with Crippen LogP contribution in [-0.4, -0.2) is 23.8 Å². The Bertz CT molecular complexity index is 1130. The molecule has 2 aromatic heterocycles. The molecule has 0 spiro atoms. The summed E-state index contributed by atoms with van der Waals surface area (Å²) < 4.78 is 3.75. The topological polar surface area (TPSA) is 105 Å². The maximum Gasteiger partial charge on any atom is 0.358 e. The van der Waals surface area contributed by atoms with Crippen LogP contribution in [-0.2, 0) is 13.1 Å². The molecule has 0 aliphatic carbocycles. The average Bonchev–Trinajstić information content (AvgIpc) is 3.14. The van der Waals surface area contributed by atoms with Gasteiger partial charge in [-0.3, -0.25) is 24.0 Å². The van der Waals surface area contributed by atoms with Crippen molar-refractivity contribution in [3.05, 3.63) is 73.7 Å². The van der Waals surface area contributed by atoms with E-state index in [1.54, 1.807) is 17.8 Å². The summed E-state index contributed by atoms with van der Waals surface area (Å²) in [4.78, 5) is 36.6. The molecule has 3 aromatic rings. The predicted octanol–water partition coefficient (Wildman–Crippen LogP) is 2.45. The van der Waals surface area contributed by atoms with Gasteiger partial charge >= 0.3 is 16.9 Å². The lowest BCUT2D eigenvalue weighted by Gasteiger charge is -2.16. The van der Waals surface area contributed by atoms with Crippen molar-refractivity contribution < 1.29 is 4.92 Å². The molecule has 9 heteroatoms. The number of nitro groups is 1. The number of aromatic nitrogens is 4. The van der Waals surface area contributed by atoms with E-state index in [1.165, 1.54) is 10.8 Å². The van der Waals surface area contributed by atoms with Crippen molar-refractivity contribution in [3.8, 4) is 16.9 Å². The molecule has 0 saturated heterocycles. The highest BCUT2D eigenvalue weighted by Gasteiger charge is 2.29. The van der Waals surface area contributed by atoms with Crippen LogP contribution in [0, 0.1) is 16.0 Å². The van der Waals surface area contributed by atoms with Crippen molar-refractivity contribution in [2.24, 2.45) is 5.92 Å². The molecule has 0 unspecified atom stereocenters. The summed E-state index contributed by atoms with van der Waals surface area (Å²) in [5.41, 5.74) is -0.991. The Labute approximate surface area is 160 Å². The quantitative estimate of drug-likeness (QED) is 0.480. The van der Waals surface area contributed by atoms with Crippen LogP contribution < -0.4 is 11.2 Å². The predicted molar refractivity (Wildman–Crippen MR) is 105 cm³/mol. The van der Waals surface area contributed by atoms with Gasteiger partial charge in [-0.1, -0.05) is 32.0 Å². The van der Waals surface area contributed by atoms with Crippen LogP contribution in [0.1, 0.15) is 20.8 Å². The molecule has 0 atom stereocenters. The summed E-state index contributed by atoms with van der Waals surface area (Å²) in [6.07, 6.45) is 3.02. The van der Waals surface area contributed by atoms with E-state index in [-0.39, 0.29) is 24.7 Å². The van der Waals surface area contributed by atoms with Crippen LogP contribution >= 0.6 is 0 Å². The standard InChI is InChI=1S/C19H21N5O4/c1-4-21-18(25)17(24(27)28)16(22(19(21)26)11-13(2)3)14-10-20-23(12-14)15-8-6-5-7-9-15/h5-10,12-13H,4,11H2,1-3H3. The van der Waals surface area contributed by atoms with Gasteiger partial charge in [0.05, 0.1) is 16.8 Å². The highest BCUT2D eigenvalue weighted by Crippen LogP contribution is 2.27. The molecule has 2 heterocycles. The third kappa shape index (κ3) is 3.38. The molecule has 9 nitrogen and oxygen atoms in total. The summed E-state index contributed by atoms with van der Waals surface area (Å²) in [5.74, 6) is 0.0445. The molecule has 0 bridgehead atoms. The minimum absolute atomic E-state index is 0.0134. The van der Waals surface area contributed by atoms with Crippen LogP contribution in [0.5, 0.6) is 0 Å². The second-order valence-corrected chi connectivity index (χ2v) is 6.80. The summed E-state index contributed by atoms with van der Waals surface area (Å²) >= 11 is 0. The fourth-order valence-electron chi connectivity index (χ4n) is 3.12. The minimum Gasteiger partial charge on any atom is -0.287 e. The van der Waals surface area contributed by atoms with Crippen LogP contribution in [0.4, 0.5) is 5.69 Å². The maximum absolute atomic E-state index is 12.9. The molecule has 0 N–H and O–H groups in total. The highest BCUT2D eigenvalue weighted by atomic mass is 16.6. The van der Waals surface area contributed by atoms with Crippen LogP contribution in [0.2, 0.25) is 0 Å². The number of hydrogen-bond acceptors (Lipinski definition) is 5. The lowest BCUT2D eigenvalue weighted by molar-refractivity contribution is -0.386. The first-order valence-electron chi connectivity index (χ1n) is 8.97. The van der Waals surface area contributed by atoms with Gasteiger partial charge < -0.3 is 0 Å². The SMILES string of the molecule is CCn1c(=O)c([N+](=O)[O-])c(-c2cnn(-c3ccccc3)c2)n(CC(C)C)c1=O. The maximum atomic E-state index is 12.9. The monoisotopic (exact) mass is 383 g/mol. The first-order valence-corrected chi connectivity index (χ1v) is 8.97. The van der Waals surface area contributed by atoms with Crippen molar-refractivity contribution in [2.45, 2.75) is 33.9 Å². The van der Waals surface area contributed by atoms with E-state index in [9.17, 15) is 19.7 Å². The third-order valence-electron chi connectivity index (χ3n) is 4.33. The molecule has 0 fully saturated rings. The molecule has 0 amide bonds. The Kier molecular flexibility index (Phi) is 5.25. The van der Waals surface area contributed by atoms with Gasteiger partial charge in [-0.15, -0.1) is 0 Å². The number of rotatable bonds is 6. The molecule has 0 aliphatic rings. The van der Waals surface area contributed by atoms with E-state index >= 15 is 0 Å². The van der Waals surface area contributed by atoms with Gasteiger partial charge in [-0.05, 0) is 25.0 Å². The van der Waals surface area contributed by atoms with Gasteiger partial charge in [-0.25, -0.2) is 9.48 Å². The zero-order valence-corrected chi connectivity index (χ0v) is 15.9. The van der Waals surface area contributed by atoms with E-state index in [4.69, 9.17) is 0 Å². The summed E-state index contributed by atoms with van der Waals surface area (Å²) in [5, 5.41) is 16.0. The Hall–Kier alpha value is -3.49. The first-order chi connectivity index (χ1) is 13.3. The molecule has 146 valence electrons. The van der Waals surface area contributed by atoms with Crippen molar-refractivity contribution in [1.29, 1.82) is 0 Å². The Balaban J connectivity index is 2.33. The zero-order chi connectivity index (χ0) is 20.4. The van der Waals surface area contributed by atoms with Crippen molar-refractivity contribution in [2.75, 3.05) is 0 Å². The van der Waals surface area contributed by atoms with Crippen LogP contribution in [0.3, 0.4) is 0 Å². The van der Waals surface area contributed by atoms with E-state index < -0.39 is 21.9 Å². The fourth-order valence-corrected chi connectivity index (χ4v) is 3.12. The van der Waals surface area contributed by atoms with E-state index in [1.807, 2.05) is 44.2 Å². The smallest absolute Gasteiger partial charge is 0.287 e. The third-order valence-corrected chi connectivity index (χ3v) is 4.33. The van der Waals surface area contributed by atoms with Gasteiger partial charge in [0.2, 0.25) is 0 Å². The normalized spacial score (nSPS) is 11.1. The molecular weight excluding hydrogens is 362 g/mol. The first kappa shape index (κ1) is 19.3. The molecule has 0 aliphatic heterocycles. The molecular formula is C19H21N5O4. The summed E-state index contributed by atoms with van der Waals surface area (Å²) in [6, 6.07) is 9.22. The lowest BCUT2D eigenvalue weighted by atomic mass is 10.1. The second-order valence-electron chi connectivity index (χ2n) is 6.80.